The summed E-state index contributed by atoms with van der Waals surface area (Å²) < 4.78 is 2.02. The van der Waals surface area contributed by atoms with Gasteiger partial charge in [-0.25, -0.2) is 0 Å². The van der Waals surface area contributed by atoms with E-state index in [0.717, 1.165) is 16.8 Å². The van der Waals surface area contributed by atoms with Crippen molar-refractivity contribution in [2.24, 2.45) is 0 Å². The fourth-order valence-corrected chi connectivity index (χ4v) is 4.84. The van der Waals surface area contributed by atoms with E-state index in [0.29, 0.717) is 22.5 Å². The number of benzene rings is 2. The Morgan fingerprint density at radius 2 is 1.72 bits per heavy atom. The Kier molecular flexibility index (Phi) is 7.95. The number of nitrogens with one attached hydrogen (secondary N) is 1. The largest absolute Gasteiger partial charge is 0.350 e. The molecule has 0 aliphatic carbocycles. The molecule has 0 fully saturated rings. The fraction of sp³-hybridized carbons (Fsp3) is 0.250. The molecule has 1 atom stereocenters. The van der Waals surface area contributed by atoms with Gasteiger partial charge in [0.25, 0.3) is 0 Å². The molecular formula is C28H29N5O2S. The molecule has 0 spiro atoms. The Morgan fingerprint density at radius 3 is 2.39 bits per heavy atom. The molecule has 36 heavy (non-hydrogen) atoms. The van der Waals surface area contributed by atoms with Gasteiger partial charge in [0.2, 0.25) is 5.91 Å². The van der Waals surface area contributed by atoms with Crippen molar-refractivity contribution >= 4 is 23.5 Å². The summed E-state index contributed by atoms with van der Waals surface area (Å²) in [4.78, 5) is 28.6. The lowest BCUT2D eigenvalue weighted by Crippen LogP contribution is -2.23. The molecule has 2 heterocycles. The third-order valence-electron chi connectivity index (χ3n) is 5.84. The van der Waals surface area contributed by atoms with Gasteiger partial charge >= 0.3 is 0 Å². The van der Waals surface area contributed by atoms with Gasteiger partial charge in [-0.3, -0.25) is 19.1 Å². The Labute approximate surface area is 215 Å². The lowest BCUT2D eigenvalue weighted by atomic mass is 10.0. The molecule has 0 saturated heterocycles. The zero-order chi connectivity index (χ0) is 25.7. The van der Waals surface area contributed by atoms with E-state index >= 15 is 0 Å². The Hall–Kier alpha value is -3.78. The second-order valence-electron chi connectivity index (χ2n) is 8.85. The standard InChI is InChI=1S/C28H29N5O2S/c1-18(2)24-9-5-6-10-25(24)33-27(23-8-7-15-29-16-23)31-32-28(33)36-17-26(35)22-13-11-21(12-14-22)19(3)30-20(4)34/h5-16,18-19H,17H2,1-4H3,(H,30,34). The van der Waals surface area contributed by atoms with Crippen molar-refractivity contribution in [1.29, 1.82) is 0 Å². The zero-order valence-corrected chi connectivity index (χ0v) is 21.6. The van der Waals surface area contributed by atoms with E-state index in [2.05, 4.69) is 46.5 Å². The summed E-state index contributed by atoms with van der Waals surface area (Å²) in [5.74, 6) is 1.10. The third kappa shape index (κ3) is 5.71. The van der Waals surface area contributed by atoms with Crippen LogP contribution in [0.5, 0.6) is 0 Å². The smallest absolute Gasteiger partial charge is 0.217 e. The molecule has 2 aromatic heterocycles. The molecule has 2 aromatic carbocycles. The van der Waals surface area contributed by atoms with E-state index in [1.807, 2.05) is 47.9 Å². The molecule has 0 saturated carbocycles. The summed E-state index contributed by atoms with van der Waals surface area (Å²) in [6.45, 7) is 7.71. The van der Waals surface area contributed by atoms with Crippen molar-refractivity contribution in [2.75, 3.05) is 5.75 Å². The number of aromatic nitrogens is 4. The number of pyridine rings is 1. The van der Waals surface area contributed by atoms with Crippen molar-refractivity contribution < 1.29 is 9.59 Å². The minimum atomic E-state index is -0.119. The molecule has 1 unspecified atom stereocenters. The number of hydrogen-bond acceptors (Lipinski definition) is 6. The van der Waals surface area contributed by atoms with Crippen LogP contribution < -0.4 is 5.32 Å². The number of ketones is 1. The summed E-state index contributed by atoms with van der Waals surface area (Å²) in [5.41, 5.74) is 4.57. The van der Waals surface area contributed by atoms with E-state index < -0.39 is 0 Å². The van der Waals surface area contributed by atoms with E-state index in [1.165, 1.54) is 24.2 Å². The van der Waals surface area contributed by atoms with Gasteiger partial charge in [0.05, 0.1) is 17.5 Å². The van der Waals surface area contributed by atoms with Gasteiger partial charge in [-0.2, -0.15) is 0 Å². The van der Waals surface area contributed by atoms with E-state index in [1.54, 1.807) is 24.5 Å². The molecular weight excluding hydrogens is 470 g/mol. The van der Waals surface area contributed by atoms with E-state index in [4.69, 9.17) is 0 Å². The lowest BCUT2D eigenvalue weighted by molar-refractivity contribution is -0.119. The van der Waals surface area contributed by atoms with Gasteiger partial charge in [-0.15, -0.1) is 10.2 Å². The maximum Gasteiger partial charge on any atom is 0.217 e. The summed E-state index contributed by atoms with van der Waals surface area (Å²) in [6, 6.07) is 19.2. The molecule has 1 N–H and O–H groups in total. The number of thioether (sulfide) groups is 1. The normalized spacial score (nSPS) is 11.9. The number of amides is 1. The Morgan fingerprint density at radius 1 is 0.972 bits per heavy atom. The first-order chi connectivity index (χ1) is 17.3. The number of carbonyl (C=O) groups excluding carboxylic acids is 2. The predicted octanol–water partition coefficient (Wildman–Crippen LogP) is 5.62. The van der Waals surface area contributed by atoms with Crippen LogP contribution in [-0.2, 0) is 4.79 Å². The van der Waals surface area contributed by atoms with Crippen molar-refractivity contribution in [3.05, 3.63) is 89.7 Å². The van der Waals surface area contributed by atoms with Crippen LogP contribution in [0.1, 0.15) is 61.1 Å². The summed E-state index contributed by atoms with van der Waals surface area (Å²) in [6.07, 6.45) is 3.49. The minimum absolute atomic E-state index is 0.00615. The number of para-hydroxylation sites is 1. The van der Waals surface area contributed by atoms with Crippen molar-refractivity contribution in [1.82, 2.24) is 25.1 Å². The number of hydrogen-bond donors (Lipinski definition) is 1. The number of nitrogens with zero attached hydrogens (tertiary/aromatic N) is 4. The monoisotopic (exact) mass is 499 g/mol. The second kappa shape index (κ2) is 11.3. The molecule has 4 aromatic rings. The molecule has 0 bridgehead atoms. The summed E-state index contributed by atoms with van der Waals surface area (Å²) >= 11 is 1.36. The quantitative estimate of drug-likeness (QED) is 0.237. The first-order valence-electron chi connectivity index (χ1n) is 11.8. The highest BCUT2D eigenvalue weighted by molar-refractivity contribution is 7.99. The third-order valence-corrected chi connectivity index (χ3v) is 6.77. The number of carbonyl (C=O) groups is 2. The van der Waals surface area contributed by atoms with Gasteiger partial charge in [0, 0.05) is 30.4 Å². The summed E-state index contributed by atoms with van der Waals surface area (Å²) in [5, 5.41) is 12.4. The van der Waals surface area contributed by atoms with Gasteiger partial charge in [0.15, 0.2) is 16.8 Å². The molecule has 1 amide bonds. The predicted molar refractivity (Wildman–Crippen MR) is 142 cm³/mol. The Balaban J connectivity index is 1.61. The van der Waals surface area contributed by atoms with Crippen LogP contribution in [0.3, 0.4) is 0 Å². The van der Waals surface area contributed by atoms with Gasteiger partial charge < -0.3 is 5.32 Å². The number of Topliss-reactive ketones (excluding diaryl/α,β-unsaturated/α-hetero) is 1. The van der Waals surface area contributed by atoms with Gasteiger partial charge in [0.1, 0.15) is 0 Å². The van der Waals surface area contributed by atoms with Crippen LogP contribution in [0.2, 0.25) is 0 Å². The molecule has 0 aliphatic rings. The first-order valence-corrected chi connectivity index (χ1v) is 12.8. The highest BCUT2D eigenvalue weighted by Gasteiger charge is 2.20. The minimum Gasteiger partial charge on any atom is -0.350 e. The lowest BCUT2D eigenvalue weighted by Gasteiger charge is -2.16. The fourth-order valence-electron chi connectivity index (χ4n) is 4.00. The van der Waals surface area contributed by atoms with E-state index in [9.17, 15) is 9.59 Å². The maximum absolute atomic E-state index is 13.0. The molecule has 7 nitrogen and oxygen atoms in total. The topological polar surface area (TPSA) is 89.8 Å². The van der Waals surface area contributed by atoms with Crippen LogP contribution in [-0.4, -0.2) is 37.2 Å². The highest BCUT2D eigenvalue weighted by atomic mass is 32.2. The second-order valence-corrected chi connectivity index (χ2v) is 9.80. The van der Waals surface area contributed by atoms with E-state index in [-0.39, 0.29) is 23.5 Å². The van der Waals surface area contributed by atoms with Crippen LogP contribution in [0.4, 0.5) is 0 Å². The van der Waals surface area contributed by atoms with Crippen LogP contribution >= 0.6 is 11.8 Å². The molecule has 184 valence electrons. The highest BCUT2D eigenvalue weighted by Crippen LogP contribution is 2.32. The summed E-state index contributed by atoms with van der Waals surface area (Å²) in [7, 11) is 0. The van der Waals surface area contributed by atoms with Gasteiger partial charge in [-0.05, 0) is 42.2 Å². The Bertz CT molecular complexity index is 1350. The number of rotatable bonds is 9. The average Bonchev–Trinajstić information content (AvgIpc) is 3.31. The SMILES string of the molecule is CC(=O)NC(C)c1ccc(C(=O)CSc2nnc(-c3cccnc3)n2-c2ccccc2C(C)C)cc1. The first kappa shape index (κ1) is 25.3. The molecule has 0 radical (unpaired) electrons. The molecule has 4 rings (SSSR count). The van der Waals surface area contributed by atoms with Crippen molar-refractivity contribution in [3.63, 3.8) is 0 Å². The van der Waals surface area contributed by atoms with Crippen LogP contribution in [0, 0.1) is 0 Å². The van der Waals surface area contributed by atoms with Crippen molar-refractivity contribution in [2.45, 2.75) is 44.8 Å². The van der Waals surface area contributed by atoms with Crippen LogP contribution in [0.15, 0.2) is 78.2 Å². The molecule has 8 heteroatoms. The average molecular weight is 500 g/mol. The maximum atomic E-state index is 13.0. The van der Waals surface area contributed by atoms with Crippen molar-refractivity contribution in [3.8, 4) is 17.1 Å². The zero-order valence-electron chi connectivity index (χ0n) is 20.8. The van der Waals surface area contributed by atoms with Crippen LogP contribution in [0.25, 0.3) is 17.1 Å². The molecule has 0 aliphatic heterocycles. The van der Waals surface area contributed by atoms with Gasteiger partial charge in [-0.1, -0.05) is 68.1 Å².